The van der Waals surface area contributed by atoms with Crippen LogP contribution in [-0.2, 0) is 4.79 Å². The highest BCUT2D eigenvalue weighted by Crippen LogP contribution is 2.26. The summed E-state index contributed by atoms with van der Waals surface area (Å²) in [7, 11) is 0. The number of rotatable bonds is 4. The number of amides is 1. The van der Waals surface area contributed by atoms with Gasteiger partial charge in [-0.05, 0) is 38.5 Å². The second-order valence-corrected chi connectivity index (χ2v) is 5.66. The highest BCUT2D eigenvalue weighted by Gasteiger charge is 2.22. The zero-order valence-corrected chi connectivity index (χ0v) is 11.1. The minimum absolute atomic E-state index is 0.296. The summed E-state index contributed by atoms with van der Waals surface area (Å²) in [5, 5.41) is 3.44. The topological polar surface area (TPSA) is 32.3 Å². The van der Waals surface area contributed by atoms with Gasteiger partial charge >= 0.3 is 0 Å². The summed E-state index contributed by atoms with van der Waals surface area (Å²) in [6.07, 6.45) is 9.19. The van der Waals surface area contributed by atoms with Crippen LogP contribution in [0.25, 0.3) is 0 Å². The van der Waals surface area contributed by atoms with E-state index in [0.717, 1.165) is 19.0 Å². The largest absolute Gasteiger partial charge is 0.342 e. The van der Waals surface area contributed by atoms with Gasteiger partial charge in [0.2, 0.25) is 5.91 Å². The van der Waals surface area contributed by atoms with Crippen LogP contribution in [0.3, 0.4) is 0 Å². The summed E-state index contributed by atoms with van der Waals surface area (Å²) in [6, 6.07) is 0.502. The van der Waals surface area contributed by atoms with Crippen molar-refractivity contribution in [1.29, 1.82) is 0 Å². The first-order chi connectivity index (χ1) is 8.27. The van der Waals surface area contributed by atoms with E-state index < -0.39 is 0 Å². The Kier molecular flexibility index (Phi) is 4.84. The minimum atomic E-state index is 0.296. The van der Waals surface area contributed by atoms with Gasteiger partial charge in [0.15, 0.2) is 0 Å². The molecule has 0 unspecified atom stereocenters. The lowest BCUT2D eigenvalue weighted by Gasteiger charge is -2.28. The molecule has 98 valence electrons. The molecule has 0 aromatic rings. The van der Waals surface area contributed by atoms with Crippen molar-refractivity contribution < 1.29 is 4.79 Å². The number of carbonyl (C=O) groups excluding carboxylic acids is 1. The van der Waals surface area contributed by atoms with Crippen LogP contribution in [0.2, 0.25) is 0 Å². The average Bonchev–Trinajstić information content (AvgIpc) is 2.90. The SMILES string of the molecule is C[C@H](NCC(=O)N1CCCC1)C1CCCCC1. The molecule has 0 aromatic carbocycles. The molecule has 0 bridgehead atoms. The van der Waals surface area contributed by atoms with Gasteiger partial charge in [0.25, 0.3) is 0 Å². The zero-order chi connectivity index (χ0) is 12.1. The number of likely N-dealkylation sites (tertiary alicyclic amines) is 1. The van der Waals surface area contributed by atoms with E-state index in [1.54, 1.807) is 0 Å². The third-order valence-electron chi connectivity index (χ3n) is 4.39. The summed E-state index contributed by atoms with van der Waals surface area (Å²) in [4.78, 5) is 13.9. The third kappa shape index (κ3) is 3.70. The van der Waals surface area contributed by atoms with Gasteiger partial charge in [0.1, 0.15) is 0 Å². The van der Waals surface area contributed by atoms with Crippen molar-refractivity contribution in [3.05, 3.63) is 0 Å². The predicted octanol–water partition coefficient (Wildman–Crippen LogP) is 2.17. The maximum Gasteiger partial charge on any atom is 0.236 e. The van der Waals surface area contributed by atoms with Crippen molar-refractivity contribution >= 4 is 5.91 Å². The first kappa shape index (κ1) is 12.9. The van der Waals surface area contributed by atoms with E-state index in [1.165, 1.54) is 44.9 Å². The van der Waals surface area contributed by atoms with Crippen LogP contribution in [0.15, 0.2) is 0 Å². The van der Waals surface area contributed by atoms with E-state index in [9.17, 15) is 4.79 Å². The maximum absolute atomic E-state index is 11.9. The molecule has 3 nitrogen and oxygen atoms in total. The van der Waals surface area contributed by atoms with Gasteiger partial charge in [0, 0.05) is 19.1 Å². The molecule has 1 saturated carbocycles. The van der Waals surface area contributed by atoms with E-state index in [-0.39, 0.29) is 0 Å². The van der Waals surface area contributed by atoms with Gasteiger partial charge in [-0.15, -0.1) is 0 Å². The van der Waals surface area contributed by atoms with Crippen molar-refractivity contribution in [2.24, 2.45) is 5.92 Å². The molecule has 2 aliphatic rings. The Morgan fingerprint density at radius 1 is 1.18 bits per heavy atom. The number of carbonyl (C=O) groups is 1. The molecule has 2 fully saturated rings. The average molecular weight is 238 g/mol. The number of nitrogens with zero attached hydrogens (tertiary/aromatic N) is 1. The summed E-state index contributed by atoms with van der Waals surface area (Å²) in [5.41, 5.74) is 0. The Morgan fingerprint density at radius 3 is 2.47 bits per heavy atom. The van der Waals surface area contributed by atoms with Crippen molar-refractivity contribution in [2.45, 2.75) is 57.9 Å². The molecular formula is C14H26N2O. The van der Waals surface area contributed by atoms with Gasteiger partial charge in [0.05, 0.1) is 6.54 Å². The van der Waals surface area contributed by atoms with Crippen LogP contribution in [0.5, 0.6) is 0 Å². The second-order valence-electron chi connectivity index (χ2n) is 5.66. The summed E-state index contributed by atoms with van der Waals surface area (Å²) in [5.74, 6) is 1.08. The smallest absolute Gasteiger partial charge is 0.236 e. The first-order valence-corrected chi connectivity index (χ1v) is 7.28. The lowest BCUT2D eigenvalue weighted by atomic mass is 9.84. The normalized spacial score (nSPS) is 23.9. The second kappa shape index (κ2) is 6.39. The van der Waals surface area contributed by atoms with Gasteiger partial charge < -0.3 is 10.2 Å². The Morgan fingerprint density at radius 2 is 1.82 bits per heavy atom. The summed E-state index contributed by atoms with van der Waals surface area (Å²) >= 11 is 0. The number of nitrogens with one attached hydrogen (secondary N) is 1. The van der Waals surface area contributed by atoms with Gasteiger partial charge in [-0.25, -0.2) is 0 Å². The Balaban J connectivity index is 1.67. The van der Waals surface area contributed by atoms with Crippen LogP contribution < -0.4 is 5.32 Å². The first-order valence-electron chi connectivity index (χ1n) is 7.28. The Labute approximate surface area is 105 Å². The minimum Gasteiger partial charge on any atom is -0.342 e. The fraction of sp³-hybridized carbons (Fsp3) is 0.929. The monoisotopic (exact) mass is 238 g/mol. The highest BCUT2D eigenvalue weighted by molar-refractivity contribution is 5.78. The molecule has 1 aliphatic heterocycles. The van der Waals surface area contributed by atoms with Crippen LogP contribution in [0.4, 0.5) is 0 Å². The van der Waals surface area contributed by atoms with E-state index in [0.29, 0.717) is 18.5 Å². The van der Waals surface area contributed by atoms with Gasteiger partial charge in [-0.3, -0.25) is 4.79 Å². The van der Waals surface area contributed by atoms with Crippen molar-refractivity contribution in [3.8, 4) is 0 Å². The Bertz CT molecular complexity index is 243. The molecule has 0 spiro atoms. The molecule has 1 amide bonds. The standard InChI is InChI=1S/C14H26N2O/c1-12(13-7-3-2-4-8-13)15-11-14(17)16-9-5-6-10-16/h12-13,15H,2-11H2,1H3/t12-/m0/s1. The summed E-state index contributed by atoms with van der Waals surface area (Å²) < 4.78 is 0. The molecule has 0 radical (unpaired) electrons. The van der Waals surface area contributed by atoms with Crippen LogP contribution in [-0.4, -0.2) is 36.5 Å². The lowest BCUT2D eigenvalue weighted by Crippen LogP contribution is -2.42. The fourth-order valence-corrected chi connectivity index (χ4v) is 3.13. The van der Waals surface area contributed by atoms with Crippen LogP contribution in [0.1, 0.15) is 51.9 Å². The quantitative estimate of drug-likeness (QED) is 0.814. The van der Waals surface area contributed by atoms with Crippen molar-refractivity contribution in [3.63, 3.8) is 0 Å². The number of hydrogen-bond donors (Lipinski definition) is 1. The molecule has 17 heavy (non-hydrogen) atoms. The maximum atomic E-state index is 11.9. The van der Waals surface area contributed by atoms with E-state index in [4.69, 9.17) is 0 Å². The number of hydrogen-bond acceptors (Lipinski definition) is 2. The van der Waals surface area contributed by atoms with Crippen LogP contribution >= 0.6 is 0 Å². The van der Waals surface area contributed by atoms with Gasteiger partial charge in [-0.2, -0.15) is 0 Å². The van der Waals surface area contributed by atoms with Crippen molar-refractivity contribution in [1.82, 2.24) is 10.2 Å². The fourth-order valence-electron chi connectivity index (χ4n) is 3.13. The molecular weight excluding hydrogens is 212 g/mol. The predicted molar refractivity (Wildman–Crippen MR) is 69.9 cm³/mol. The Hall–Kier alpha value is -0.570. The van der Waals surface area contributed by atoms with E-state index in [2.05, 4.69) is 12.2 Å². The summed E-state index contributed by atoms with van der Waals surface area (Å²) in [6.45, 7) is 4.72. The molecule has 1 atom stereocenters. The molecule has 0 aromatic heterocycles. The molecule has 1 heterocycles. The molecule has 1 saturated heterocycles. The van der Waals surface area contributed by atoms with Gasteiger partial charge in [-0.1, -0.05) is 19.3 Å². The molecule has 1 N–H and O–H groups in total. The highest BCUT2D eigenvalue weighted by atomic mass is 16.2. The zero-order valence-electron chi connectivity index (χ0n) is 11.1. The lowest BCUT2D eigenvalue weighted by molar-refractivity contribution is -0.129. The molecule has 1 aliphatic carbocycles. The van der Waals surface area contributed by atoms with Crippen LogP contribution in [0, 0.1) is 5.92 Å². The van der Waals surface area contributed by atoms with E-state index >= 15 is 0 Å². The molecule has 3 heteroatoms. The molecule has 2 rings (SSSR count). The van der Waals surface area contributed by atoms with E-state index in [1.807, 2.05) is 4.90 Å². The third-order valence-corrected chi connectivity index (χ3v) is 4.39. The van der Waals surface area contributed by atoms with Crippen molar-refractivity contribution in [2.75, 3.05) is 19.6 Å².